The number of rotatable bonds is 9. The second kappa shape index (κ2) is 12.4. The summed E-state index contributed by atoms with van der Waals surface area (Å²) in [4.78, 5) is 23.9. The fraction of sp³-hybridized carbons (Fsp3) is 0.160. The van der Waals surface area contributed by atoms with Crippen LogP contribution in [0.15, 0.2) is 76.3 Å². The first-order valence-corrected chi connectivity index (χ1v) is 11.1. The molecular weight excluding hydrogens is 502 g/mol. The van der Waals surface area contributed by atoms with Gasteiger partial charge in [0.2, 0.25) is 0 Å². The van der Waals surface area contributed by atoms with Crippen molar-refractivity contribution in [3.05, 3.63) is 87.9 Å². The number of hydrogen-bond acceptors (Lipinski definition) is 6. The minimum Gasteiger partial charge on any atom is -0.497 e. The number of nitrogens with zero attached hydrogens (tertiary/aromatic N) is 1. The van der Waals surface area contributed by atoms with Crippen molar-refractivity contribution in [3.8, 4) is 17.2 Å². The Bertz CT molecular complexity index is 1150. The van der Waals surface area contributed by atoms with E-state index in [0.29, 0.717) is 29.4 Å². The van der Waals surface area contributed by atoms with Crippen molar-refractivity contribution in [1.29, 1.82) is 0 Å². The molecule has 0 aliphatic heterocycles. The van der Waals surface area contributed by atoms with Gasteiger partial charge in [-0.05, 0) is 59.2 Å². The van der Waals surface area contributed by atoms with Gasteiger partial charge in [0.1, 0.15) is 12.4 Å². The first kappa shape index (κ1) is 24.8. The van der Waals surface area contributed by atoms with E-state index in [1.165, 1.54) is 13.3 Å². The summed E-state index contributed by atoms with van der Waals surface area (Å²) in [5, 5.41) is 6.38. The maximum atomic E-state index is 12.0. The SMILES string of the molecule is COc1ccc(CNC(=O)C(=O)N/N=C\c2ccc(OCc3ccc(Br)cc3)c(OC)c2)cc1. The number of amides is 2. The lowest BCUT2D eigenvalue weighted by molar-refractivity contribution is -0.139. The molecule has 3 rings (SSSR count). The Morgan fingerprint density at radius 1 is 0.882 bits per heavy atom. The average molecular weight is 526 g/mol. The molecule has 0 radical (unpaired) electrons. The van der Waals surface area contributed by atoms with Gasteiger partial charge in [-0.15, -0.1) is 0 Å². The Morgan fingerprint density at radius 2 is 1.59 bits per heavy atom. The fourth-order valence-corrected chi connectivity index (χ4v) is 3.11. The lowest BCUT2D eigenvalue weighted by Crippen LogP contribution is -2.37. The lowest BCUT2D eigenvalue weighted by Gasteiger charge is -2.11. The molecule has 3 aromatic rings. The van der Waals surface area contributed by atoms with E-state index in [4.69, 9.17) is 14.2 Å². The Labute approximate surface area is 206 Å². The van der Waals surface area contributed by atoms with Crippen LogP contribution in [0.3, 0.4) is 0 Å². The highest BCUT2D eigenvalue weighted by Gasteiger charge is 2.12. The molecule has 0 atom stereocenters. The van der Waals surface area contributed by atoms with Gasteiger partial charge in [0.25, 0.3) is 0 Å². The van der Waals surface area contributed by atoms with Crippen LogP contribution in [0.25, 0.3) is 0 Å². The molecule has 0 aromatic heterocycles. The van der Waals surface area contributed by atoms with Crippen molar-refractivity contribution in [3.63, 3.8) is 0 Å². The molecule has 34 heavy (non-hydrogen) atoms. The van der Waals surface area contributed by atoms with E-state index in [-0.39, 0.29) is 6.54 Å². The summed E-state index contributed by atoms with van der Waals surface area (Å²) in [5.74, 6) is 0.144. The van der Waals surface area contributed by atoms with Gasteiger partial charge in [0.15, 0.2) is 11.5 Å². The van der Waals surface area contributed by atoms with Gasteiger partial charge in [0, 0.05) is 11.0 Å². The molecule has 0 saturated heterocycles. The highest BCUT2D eigenvalue weighted by atomic mass is 79.9. The van der Waals surface area contributed by atoms with Crippen LogP contribution in [0, 0.1) is 0 Å². The molecule has 3 aromatic carbocycles. The molecule has 2 amide bonds. The number of benzene rings is 3. The van der Waals surface area contributed by atoms with Gasteiger partial charge in [0.05, 0.1) is 20.4 Å². The van der Waals surface area contributed by atoms with Crippen LogP contribution in [0.2, 0.25) is 0 Å². The van der Waals surface area contributed by atoms with Gasteiger partial charge in [-0.2, -0.15) is 5.10 Å². The predicted molar refractivity (Wildman–Crippen MR) is 132 cm³/mol. The number of methoxy groups -OCH3 is 2. The Hall–Kier alpha value is -3.85. The Balaban J connectivity index is 1.50. The molecule has 0 spiro atoms. The second-order valence-electron chi connectivity index (χ2n) is 7.06. The van der Waals surface area contributed by atoms with Crippen molar-refractivity contribution < 1.29 is 23.8 Å². The van der Waals surface area contributed by atoms with Crippen LogP contribution in [0.1, 0.15) is 16.7 Å². The summed E-state index contributed by atoms with van der Waals surface area (Å²) >= 11 is 3.41. The van der Waals surface area contributed by atoms with Gasteiger partial charge < -0.3 is 19.5 Å². The molecule has 0 saturated carbocycles. The van der Waals surface area contributed by atoms with Crippen molar-refractivity contribution in [2.45, 2.75) is 13.2 Å². The minimum atomic E-state index is -0.869. The topological polar surface area (TPSA) is 98.2 Å². The fourth-order valence-electron chi connectivity index (χ4n) is 2.85. The van der Waals surface area contributed by atoms with Crippen LogP contribution >= 0.6 is 15.9 Å². The molecule has 0 aliphatic rings. The number of carbonyl (C=O) groups excluding carboxylic acids is 2. The first-order valence-electron chi connectivity index (χ1n) is 10.3. The maximum Gasteiger partial charge on any atom is 0.329 e. The van der Waals surface area contributed by atoms with Crippen LogP contribution in [0.5, 0.6) is 17.2 Å². The largest absolute Gasteiger partial charge is 0.497 e. The number of hydrazone groups is 1. The summed E-state index contributed by atoms with van der Waals surface area (Å²) in [7, 11) is 3.11. The molecule has 9 heteroatoms. The van der Waals surface area contributed by atoms with E-state index in [9.17, 15) is 9.59 Å². The van der Waals surface area contributed by atoms with Crippen LogP contribution in [-0.4, -0.2) is 32.2 Å². The highest BCUT2D eigenvalue weighted by molar-refractivity contribution is 9.10. The molecule has 0 unspecified atom stereocenters. The van der Waals surface area contributed by atoms with Crippen molar-refractivity contribution in [1.82, 2.24) is 10.7 Å². The van der Waals surface area contributed by atoms with Crippen LogP contribution < -0.4 is 25.0 Å². The summed E-state index contributed by atoms with van der Waals surface area (Å²) in [6.45, 7) is 0.595. The third kappa shape index (κ3) is 7.35. The van der Waals surface area contributed by atoms with Gasteiger partial charge in [-0.25, -0.2) is 5.43 Å². The van der Waals surface area contributed by atoms with E-state index >= 15 is 0 Å². The lowest BCUT2D eigenvalue weighted by atomic mass is 10.2. The van der Waals surface area contributed by atoms with Gasteiger partial charge in [-0.3, -0.25) is 9.59 Å². The third-order valence-corrected chi connectivity index (χ3v) is 5.22. The maximum absolute atomic E-state index is 12.0. The van der Waals surface area contributed by atoms with E-state index in [2.05, 4.69) is 31.8 Å². The number of halogens is 1. The minimum absolute atomic E-state index is 0.207. The van der Waals surface area contributed by atoms with Crippen molar-refractivity contribution >= 4 is 34.0 Å². The Kier molecular flexibility index (Phi) is 9.04. The summed E-state index contributed by atoms with van der Waals surface area (Å²) in [6.07, 6.45) is 1.41. The number of carbonyl (C=O) groups is 2. The molecule has 0 fully saturated rings. The quantitative estimate of drug-likeness (QED) is 0.251. The van der Waals surface area contributed by atoms with Crippen LogP contribution in [0.4, 0.5) is 0 Å². The van der Waals surface area contributed by atoms with Crippen molar-refractivity contribution in [2.75, 3.05) is 14.2 Å². The predicted octanol–water partition coefficient (Wildman–Crippen LogP) is 3.81. The van der Waals surface area contributed by atoms with E-state index in [1.54, 1.807) is 49.6 Å². The van der Waals surface area contributed by atoms with Crippen molar-refractivity contribution in [2.24, 2.45) is 5.10 Å². The van der Waals surface area contributed by atoms with E-state index in [0.717, 1.165) is 15.6 Å². The summed E-state index contributed by atoms with van der Waals surface area (Å²) in [6, 6.07) is 20.2. The van der Waals surface area contributed by atoms with Gasteiger partial charge >= 0.3 is 11.8 Å². The third-order valence-electron chi connectivity index (χ3n) is 4.69. The number of hydrogen-bond donors (Lipinski definition) is 2. The molecular formula is C25H24BrN3O5. The molecule has 0 heterocycles. The van der Waals surface area contributed by atoms with Gasteiger partial charge in [-0.1, -0.05) is 40.2 Å². The Morgan fingerprint density at radius 3 is 2.26 bits per heavy atom. The van der Waals surface area contributed by atoms with Crippen LogP contribution in [-0.2, 0) is 22.7 Å². The smallest absolute Gasteiger partial charge is 0.329 e. The standard InChI is InChI=1S/C25H24BrN3O5/c1-32-21-10-5-17(6-11-21)14-27-24(30)25(31)29-28-15-19-7-12-22(23(13-19)33-2)34-16-18-3-8-20(26)9-4-18/h3-13,15H,14,16H2,1-2H3,(H,27,30)(H,29,31)/b28-15-. The average Bonchev–Trinajstić information content (AvgIpc) is 2.87. The number of nitrogens with one attached hydrogen (secondary N) is 2. The van der Waals surface area contributed by atoms with E-state index < -0.39 is 11.8 Å². The summed E-state index contributed by atoms with van der Waals surface area (Å²) < 4.78 is 17.3. The highest BCUT2D eigenvalue weighted by Crippen LogP contribution is 2.28. The second-order valence-corrected chi connectivity index (χ2v) is 7.97. The zero-order valence-corrected chi connectivity index (χ0v) is 20.3. The normalized spacial score (nSPS) is 10.6. The summed E-state index contributed by atoms with van der Waals surface area (Å²) in [5.41, 5.74) is 4.72. The zero-order valence-electron chi connectivity index (χ0n) is 18.7. The monoisotopic (exact) mass is 525 g/mol. The molecule has 8 nitrogen and oxygen atoms in total. The first-order chi connectivity index (χ1) is 16.5. The molecule has 2 N–H and O–H groups in total. The molecule has 0 bridgehead atoms. The zero-order chi connectivity index (χ0) is 24.3. The van der Waals surface area contributed by atoms with E-state index in [1.807, 2.05) is 24.3 Å². The molecule has 176 valence electrons. The molecule has 0 aliphatic carbocycles. The number of ether oxygens (including phenoxy) is 3.